The minimum atomic E-state index is 0.735. The second kappa shape index (κ2) is 4.77. The average Bonchev–Trinajstić information content (AvgIpc) is 2.88. The molecule has 1 N–H and O–H groups in total. The van der Waals surface area contributed by atoms with Gasteiger partial charge >= 0.3 is 0 Å². The first-order valence-electron chi connectivity index (χ1n) is 5.72. The summed E-state index contributed by atoms with van der Waals surface area (Å²) in [5.41, 5.74) is 2.64. The highest BCUT2D eigenvalue weighted by molar-refractivity contribution is 7.00. The van der Waals surface area contributed by atoms with Crippen molar-refractivity contribution < 1.29 is 0 Å². The predicted molar refractivity (Wildman–Crippen MR) is 77.1 cm³/mol. The zero-order chi connectivity index (χ0) is 13.2. The van der Waals surface area contributed by atoms with Crippen LogP contribution in [0.4, 0.5) is 17.3 Å². The van der Waals surface area contributed by atoms with Crippen molar-refractivity contribution >= 4 is 40.1 Å². The maximum absolute atomic E-state index is 4.29. The van der Waals surface area contributed by atoms with Gasteiger partial charge in [-0.2, -0.15) is 8.75 Å². The molecular weight excluding hydrogens is 260 g/mol. The molecule has 0 radical (unpaired) electrons. The molecule has 0 saturated heterocycles. The Bertz CT molecular complexity index is 708. The van der Waals surface area contributed by atoms with E-state index in [1.165, 1.54) is 18.1 Å². The molecule has 2 aromatic heterocycles. The summed E-state index contributed by atoms with van der Waals surface area (Å²) in [6.07, 6.45) is 1.54. The van der Waals surface area contributed by atoms with E-state index in [-0.39, 0.29) is 0 Å². The Hall–Kier alpha value is -2.28. The van der Waals surface area contributed by atoms with Crippen LogP contribution in [0.2, 0.25) is 0 Å². The van der Waals surface area contributed by atoms with Crippen LogP contribution in [-0.2, 0) is 0 Å². The van der Waals surface area contributed by atoms with Crippen molar-refractivity contribution in [2.24, 2.45) is 0 Å². The molecule has 0 bridgehead atoms. The van der Waals surface area contributed by atoms with Gasteiger partial charge in [-0.1, -0.05) is 6.07 Å². The second-order valence-corrected chi connectivity index (χ2v) is 4.75. The van der Waals surface area contributed by atoms with Crippen molar-refractivity contribution in [2.45, 2.75) is 0 Å². The summed E-state index contributed by atoms with van der Waals surface area (Å²) in [5.74, 6) is 1.58. The Labute approximate surface area is 114 Å². The number of aromatic nitrogens is 4. The molecule has 3 aromatic rings. The number of hydrogen-bond donors (Lipinski definition) is 1. The standard InChI is InChI=1S/C12H12N6S/c1-18(2)11-6-10(13-7-14-11)15-8-4-3-5-9-12(8)17-19-16-9/h3-7H,1-2H3,(H,13,14,15). The van der Waals surface area contributed by atoms with Gasteiger partial charge in [-0.25, -0.2) is 9.97 Å². The first-order valence-corrected chi connectivity index (χ1v) is 6.45. The van der Waals surface area contributed by atoms with Crippen LogP contribution < -0.4 is 10.2 Å². The van der Waals surface area contributed by atoms with Gasteiger partial charge in [-0.3, -0.25) is 0 Å². The van der Waals surface area contributed by atoms with Gasteiger partial charge in [0, 0.05) is 20.2 Å². The summed E-state index contributed by atoms with van der Waals surface area (Å²) in [7, 11) is 3.88. The van der Waals surface area contributed by atoms with Gasteiger partial charge < -0.3 is 10.2 Å². The van der Waals surface area contributed by atoms with E-state index < -0.39 is 0 Å². The lowest BCUT2D eigenvalue weighted by atomic mass is 10.2. The SMILES string of the molecule is CN(C)c1cc(Nc2cccc3nsnc23)ncn1. The summed E-state index contributed by atoms with van der Waals surface area (Å²) in [5, 5.41) is 3.25. The average molecular weight is 272 g/mol. The molecule has 7 heteroatoms. The Balaban J connectivity index is 1.97. The minimum absolute atomic E-state index is 0.735. The highest BCUT2D eigenvalue weighted by Crippen LogP contribution is 2.24. The first kappa shape index (κ1) is 11.8. The van der Waals surface area contributed by atoms with Crippen LogP contribution in [0.1, 0.15) is 0 Å². The molecule has 3 rings (SSSR count). The normalized spacial score (nSPS) is 10.6. The molecular formula is C12H12N6S. The molecule has 0 atom stereocenters. The fourth-order valence-electron chi connectivity index (χ4n) is 1.70. The summed E-state index contributed by atoms with van der Waals surface area (Å²) < 4.78 is 8.50. The van der Waals surface area contributed by atoms with E-state index in [4.69, 9.17) is 0 Å². The van der Waals surface area contributed by atoms with Crippen LogP contribution in [0, 0.1) is 0 Å². The van der Waals surface area contributed by atoms with E-state index in [1.54, 1.807) is 0 Å². The highest BCUT2D eigenvalue weighted by atomic mass is 32.1. The van der Waals surface area contributed by atoms with Gasteiger partial charge in [-0.15, -0.1) is 0 Å². The largest absolute Gasteiger partial charge is 0.363 e. The third-order valence-corrected chi connectivity index (χ3v) is 3.20. The lowest BCUT2D eigenvalue weighted by molar-refractivity contribution is 1.04. The molecule has 0 unspecified atom stereocenters. The number of benzene rings is 1. The molecule has 19 heavy (non-hydrogen) atoms. The summed E-state index contributed by atoms with van der Waals surface area (Å²) >= 11 is 1.20. The van der Waals surface area contributed by atoms with E-state index in [2.05, 4.69) is 24.0 Å². The Morgan fingerprint density at radius 2 is 2.05 bits per heavy atom. The van der Waals surface area contributed by atoms with Crippen LogP contribution >= 0.6 is 11.7 Å². The molecule has 2 heterocycles. The molecule has 1 aromatic carbocycles. The van der Waals surface area contributed by atoms with Crippen molar-refractivity contribution in [1.29, 1.82) is 0 Å². The third kappa shape index (κ3) is 2.32. The monoisotopic (exact) mass is 272 g/mol. The Morgan fingerprint density at radius 3 is 2.89 bits per heavy atom. The van der Waals surface area contributed by atoms with Crippen molar-refractivity contribution in [1.82, 2.24) is 18.7 Å². The van der Waals surface area contributed by atoms with Gasteiger partial charge in [0.25, 0.3) is 0 Å². The van der Waals surface area contributed by atoms with E-state index in [0.29, 0.717) is 0 Å². The molecule has 0 aliphatic rings. The molecule has 6 nitrogen and oxygen atoms in total. The van der Waals surface area contributed by atoms with E-state index in [1.807, 2.05) is 43.3 Å². The molecule has 0 spiro atoms. The predicted octanol–water partition coefficient (Wildman–Crippen LogP) is 2.29. The van der Waals surface area contributed by atoms with Crippen molar-refractivity contribution in [3.05, 3.63) is 30.6 Å². The second-order valence-electron chi connectivity index (χ2n) is 4.22. The van der Waals surface area contributed by atoms with Crippen molar-refractivity contribution in [3.63, 3.8) is 0 Å². The van der Waals surface area contributed by atoms with Crippen molar-refractivity contribution in [2.75, 3.05) is 24.3 Å². The van der Waals surface area contributed by atoms with Crippen molar-refractivity contribution in [3.8, 4) is 0 Å². The van der Waals surface area contributed by atoms with Gasteiger partial charge in [0.2, 0.25) is 0 Å². The Kier molecular flexibility index (Phi) is 2.96. The van der Waals surface area contributed by atoms with Gasteiger partial charge in [-0.05, 0) is 12.1 Å². The zero-order valence-electron chi connectivity index (χ0n) is 10.5. The first-order chi connectivity index (χ1) is 9.24. The van der Waals surface area contributed by atoms with Crippen LogP contribution in [0.3, 0.4) is 0 Å². The lowest BCUT2D eigenvalue weighted by Crippen LogP contribution is -2.11. The molecule has 0 saturated carbocycles. The molecule has 0 amide bonds. The van der Waals surface area contributed by atoms with Gasteiger partial charge in [0.05, 0.1) is 17.4 Å². The van der Waals surface area contributed by atoms with E-state index in [9.17, 15) is 0 Å². The fourth-order valence-corrected chi connectivity index (χ4v) is 2.25. The summed E-state index contributed by atoms with van der Waals surface area (Å²) in [4.78, 5) is 10.3. The molecule has 0 aliphatic carbocycles. The third-order valence-electron chi connectivity index (χ3n) is 2.66. The summed E-state index contributed by atoms with van der Waals surface area (Å²) in [6.45, 7) is 0. The number of rotatable bonds is 3. The molecule has 0 fully saturated rings. The number of hydrogen-bond acceptors (Lipinski definition) is 7. The van der Waals surface area contributed by atoms with Crippen LogP contribution in [-0.4, -0.2) is 32.8 Å². The number of nitrogens with one attached hydrogen (secondary N) is 1. The molecule has 96 valence electrons. The highest BCUT2D eigenvalue weighted by Gasteiger charge is 2.06. The minimum Gasteiger partial charge on any atom is -0.363 e. The number of nitrogens with zero attached hydrogens (tertiary/aromatic N) is 5. The fraction of sp³-hybridized carbons (Fsp3) is 0.167. The van der Waals surface area contributed by atoms with Crippen LogP contribution in [0.15, 0.2) is 30.6 Å². The van der Waals surface area contributed by atoms with Gasteiger partial charge in [0.15, 0.2) is 0 Å². The number of fused-ring (bicyclic) bond motifs is 1. The Morgan fingerprint density at radius 1 is 1.16 bits per heavy atom. The van der Waals surface area contributed by atoms with E-state index in [0.717, 1.165) is 28.4 Å². The smallest absolute Gasteiger partial charge is 0.135 e. The van der Waals surface area contributed by atoms with Gasteiger partial charge in [0.1, 0.15) is 29.0 Å². The summed E-state index contributed by atoms with van der Waals surface area (Å²) in [6, 6.07) is 7.73. The zero-order valence-corrected chi connectivity index (χ0v) is 11.3. The lowest BCUT2D eigenvalue weighted by Gasteiger charge is -2.12. The maximum atomic E-state index is 4.29. The molecule has 0 aliphatic heterocycles. The van der Waals surface area contributed by atoms with Crippen LogP contribution in [0.25, 0.3) is 11.0 Å². The van der Waals surface area contributed by atoms with Crippen LogP contribution in [0.5, 0.6) is 0 Å². The topological polar surface area (TPSA) is 66.8 Å². The number of anilines is 3. The van der Waals surface area contributed by atoms with E-state index >= 15 is 0 Å². The maximum Gasteiger partial charge on any atom is 0.135 e. The quantitative estimate of drug-likeness (QED) is 0.789.